The first kappa shape index (κ1) is 13.4. The number of aromatic amines is 1. The van der Waals surface area contributed by atoms with Crippen LogP contribution in [0.3, 0.4) is 0 Å². The van der Waals surface area contributed by atoms with E-state index in [4.69, 9.17) is 4.74 Å². The molecular weight excluding hydrogens is 264 g/mol. The molecule has 0 aliphatic rings. The molecule has 2 N–H and O–H groups in total. The van der Waals surface area contributed by atoms with Crippen molar-refractivity contribution in [2.24, 2.45) is 0 Å². The Hall–Kier alpha value is -2.56. The number of nitrogens with zero attached hydrogens (tertiary/aromatic N) is 2. The zero-order valence-corrected chi connectivity index (χ0v) is 12.2. The monoisotopic (exact) mass is 282 g/mol. The summed E-state index contributed by atoms with van der Waals surface area (Å²) in [6.45, 7) is 2.92. The second-order valence-corrected chi connectivity index (χ2v) is 4.90. The molecule has 0 unspecified atom stereocenters. The average Bonchev–Trinajstić information content (AvgIpc) is 2.90. The Morgan fingerprint density at radius 2 is 2.00 bits per heavy atom. The summed E-state index contributed by atoms with van der Waals surface area (Å²) in [5, 5.41) is 3.42. The van der Waals surface area contributed by atoms with Gasteiger partial charge in [-0.15, -0.1) is 0 Å². The van der Waals surface area contributed by atoms with Gasteiger partial charge in [0.25, 0.3) is 0 Å². The Balaban J connectivity index is 1.67. The molecule has 2 heterocycles. The van der Waals surface area contributed by atoms with E-state index in [9.17, 15) is 0 Å². The number of pyridine rings is 1. The molecule has 0 fully saturated rings. The summed E-state index contributed by atoms with van der Waals surface area (Å²) in [5.41, 5.74) is 4.03. The van der Waals surface area contributed by atoms with E-state index in [1.807, 2.05) is 24.3 Å². The molecule has 0 aliphatic heterocycles. The fourth-order valence-electron chi connectivity index (χ4n) is 2.24. The van der Waals surface area contributed by atoms with Crippen LogP contribution in [0, 0.1) is 6.92 Å². The van der Waals surface area contributed by atoms with Gasteiger partial charge in [0.15, 0.2) is 5.65 Å². The van der Waals surface area contributed by atoms with Crippen LogP contribution in [-0.2, 0) is 6.42 Å². The first-order chi connectivity index (χ1) is 10.3. The van der Waals surface area contributed by atoms with Gasteiger partial charge in [-0.1, -0.05) is 18.2 Å². The summed E-state index contributed by atoms with van der Waals surface area (Å²) in [6, 6.07) is 12.0. The van der Waals surface area contributed by atoms with Crippen molar-refractivity contribution < 1.29 is 4.74 Å². The Morgan fingerprint density at radius 1 is 1.14 bits per heavy atom. The van der Waals surface area contributed by atoms with Gasteiger partial charge in [0, 0.05) is 24.7 Å². The molecule has 21 heavy (non-hydrogen) atoms. The summed E-state index contributed by atoms with van der Waals surface area (Å²) in [4.78, 5) is 12.1. The van der Waals surface area contributed by atoms with E-state index >= 15 is 0 Å². The maximum Gasteiger partial charge on any atom is 0.215 e. The van der Waals surface area contributed by atoms with E-state index in [0.29, 0.717) is 11.5 Å². The molecule has 0 saturated carbocycles. The molecular formula is C16H18N4O. The van der Waals surface area contributed by atoms with Crippen LogP contribution in [-0.4, -0.2) is 28.6 Å². The number of nitrogens with one attached hydrogen (secondary N) is 2. The third kappa shape index (κ3) is 2.97. The summed E-state index contributed by atoms with van der Waals surface area (Å²) in [6.07, 6.45) is 0.813. The number of H-pyrrole nitrogens is 1. The number of anilines is 1. The molecule has 0 aliphatic carbocycles. The predicted octanol–water partition coefficient (Wildman–Crippen LogP) is 2.93. The van der Waals surface area contributed by atoms with Crippen LogP contribution < -0.4 is 10.1 Å². The van der Waals surface area contributed by atoms with Crippen LogP contribution in [0.25, 0.3) is 11.2 Å². The van der Waals surface area contributed by atoms with Crippen LogP contribution in [0.15, 0.2) is 36.4 Å². The SMILES string of the molecule is COc1ccc2[nH]c(CCNc3ccccc3C)nc2n1. The third-order valence-electron chi connectivity index (χ3n) is 3.40. The molecule has 5 nitrogen and oxygen atoms in total. The highest BCUT2D eigenvalue weighted by Gasteiger charge is 2.05. The first-order valence-corrected chi connectivity index (χ1v) is 6.95. The number of aryl methyl sites for hydroxylation is 1. The number of para-hydroxylation sites is 1. The number of hydrogen-bond donors (Lipinski definition) is 2. The summed E-state index contributed by atoms with van der Waals surface area (Å²) in [7, 11) is 1.61. The molecule has 0 spiro atoms. The lowest BCUT2D eigenvalue weighted by atomic mass is 10.2. The molecule has 1 aromatic carbocycles. The number of methoxy groups -OCH3 is 1. The highest BCUT2D eigenvalue weighted by molar-refractivity contribution is 5.71. The number of hydrogen-bond acceptors (Lipinski definition) is 4. The molecule has 108 valence electrons. The normalized spacial score (nSPS) is 10.8. The van der Waals surface area contributed by atoms with Crippen LogP contribution >= 0.6 is 0 Å². The smallest absolute Gasteiger partial charge is 0.215 e. The number of imidazole rings is 1. The predicted molar refractivity (Wildman–Crippen MR) is 83.8 cm³/mol. The van der Waals surface area contributed by atoms with E-state index in [1.54, 1.807) is 7.11 Å². The minimum absolute atomic E-state index is 0.582. The summed E-state index contributed by atoms with van der Waals surface area (Å²) >= 11 is 0. The lowest BCUT2D eigenvalue weighted by Crippen LogP contribution is -2.06. The van der Waals surface area contributed by atoms with Crippen molar-refractivity contribution in [1.29, 1.82) is 0 Å². The largest absolute Gasteiger partial charge is 0.481 e. The molecule has 2 aromatic heterocycles. The fourth-order valence-corrected chi connectivity index (χ4v) is 2.24. The maximum absolute atomic E-state index is 5.11. The van der Waals surface area contributed by atoms with Crippen molar-refractivity contribution in [2.75, 3.05) is 19.0 Å². The van der Waals surface area contributed by atoms with Crippen molar-refractivity contribution in [3.63, 3.8) is 0 Å². The first-order valence-electron chi connectivity index (χ1n) is 6.95. The lowest BCUT2D eigenvalue weighted by molar-refractivity contribution is 0.399. The van der Waals surface area contributed by atoms with Crippen molar-refractivity contribution in [3.8, 4) is 5.88 Å². The zero-order chi connectivity index (χ0) is 14.7. The van der Waals surface area contributed by atoms with E-state index in [2.05, 4.69) is 39.3 Å². The summed E-state index contributed by atoms with van der Waals surface area (Å²) in [5.74, 6) is 1.51. The standard InChI is InChI=1S/C16H18N4O/c1-11-5-3-4-6-12(11)17-10-9-14-18-13-7-8-15(21-2)20-16(13)19-14/h3-8,17H,9-10H2,1-2H3,(H,18,19,20). The Bertz CT molecular complexity index is 751. The van der Waals surface area contributed by atoms with Gasteiger partial charge in [0.1, 0.15) is 5.82 Å². The Morgan fingerprint density at radius 3 is 2.81 bits per heavy atom. The van der Waals surface area contributed by atoms with Crippen LogP contribution in [0.1, 0.15) is 11.4 Å². The van der Waals surface area contributed by atoms with Crippen LogP contribution in [0.5, 0.6) is 5.88 Å². The fraction of sp³-hybridized carbons (Fsp3) is 0.250. The molecule has 3 aromatic rings. The second kappa shape index (κ2) is 5.83. The van der Waals surface area contributed by atoms with Gasteiger partial charge in [0.05, 0.1) is 12.6 Å². The molecule has 0 bridgehead atoms. The van der Waals surface area contributed by atoms with Crippen molar-refractivity contribution in [3.05, 3.63) is 47.8 Å². The van der Waals surface area contributed by atoms with E-state index in [-0.39, 0.29) is 0 Å². The highest BCUT2D eigenvalue weighted by Crippen LogP contribution is 2.15. The molecule has 0 amide bonds. The van der Waals surface area contributed by atoms with E-state index < -0.39 is 0 Å². The average molecular weight is 282 g/mol. The number of benzene rings is 1. The number of ether oxygens (including phenoxy) is 1. The molecule has 0 radical (unpaired) electrons. The highest BCUT2D eigenvalue weighted by atomic mass is 16.5. The van der Waals surface area contributed by atoms with Gasteiger partial charge in [-0.3, -0.25) is 0 Å². The minimum Gasteiger partial charge on any atom is -0.481 e. The van der Waals surface area contributed by atoms with Crippen molar-refractivity contribution in [1.82, 2.24) is 15.0 Å². The number of aromatic nitrogens is 3. The van der Waals surface area contributed by atoms with Crippen molar-refractivity contribution >= 4 is 16.9 Å². The molecule has 3 rings (SSSR count). The zero-order valence-electron chi connectivity index (χ0n) is 12.2. The van der Waals surface area contributed by atoms with Crippen molar-refractivity contribution in [2.45, 2.75) is 13.3 Å². The third-order valence-corrected chi connectivity index (χ3v) is 3.40. The Labute approximate surface area is 123 Å². The maximum atomic E-state index is 5.11. The van der Waals surface area contributed by atoms with Gasteiger partial charge in [0.2, 0.25) is 5.88 Å². The van der Waals surface area contributed by atoms with Gasteiger partial charge in [-0.05, 0) is 24.6 Å². The number of fused-ring (bicyclic) bond motifs is 1. The topological polar surface area (TPSA) is 62.8 Å². The quantitative estimate of drug-likeness (QED) is 0.755. The van der Waals surface area contributed by atoms with E-state index in [1.165, 1.54) is 5.56 Å². The van der Waals surface area contributed by atoms with Gasteiger partial charge in [-0.2, -0.15) is 4.98 Å². The molecule has 0 atom stereocenters. The number of rotatable bonds is 5. The Kier molecular flexibility index (Phi) is 3.73. The van der Waals surface area contributed by atoms with Crippen LogP contribution in [0.4, 0.5) is 5.69 Å². The lowest BCUT2D eigenvalue weighted by Gasteiger charge is -2.07. The van der Waals surface area contributed by atoms with Gasteiger partial charge < -0.3 is 15.0 Å². The minimum atomic E-state index is 0.582. The summed E-state index contributed by atoms with van der Waals surface area (Å²) < 4.78 is 5.11. The second-order valence-electron chi connectivity index (χ2n) is 4.90. The molecule has 0 saturated heterocycles. The van der Waals surface area contributed by atoms with Crippen LogP contribution in [0.2, 0.25) is 0 Å². The van der Waals surface area contributed by atoms with Gasteiger partial charge >= 0.3 is 0 Å². The van der Waals surface area contributed by atoms with Gasteiger partial charge in [-0.25, -0.2) is 4.98 Å². The van der Waals surface area contributed by atoms with E-state index in [0.717, 1.165) is 30.0 Å². The molecule has 5 heteroatoms.